The van der Waals surface area contributed by atoms with Crippen LogP contribution in [0.1, 0.15) is 16.9 Å². The first-order chi connectivity index (χ1) is 14.1. The number of nitrogens with one attached hydrogen (secondary N) is 2. The number of urea groups is 1. The van der Waals surface area contributed by atoms with Gasteiger partial charge in [-0.1, -0.05) is 29.8 Å². The van der Waals surface area contributed by atoms with Gasteiger partial charge in [-0.2, -0.15) is 0 Å². The zero-order chi connectivity index (χ0) is 20.2. The van der Waals surface area contributed by atoms with Crippen molar-refractivity contribution in [1.29, 1.82) is 0 Å². The zero-order valence-electron chi connectivity index (χ0n) is 16.0. The average molecular weight is 387 g/mol. The number of rotatable bonds is 5. The molecule has 0 bridgehead atoms. The molecule has 0 atom stereocenters. The molecular weight excluding hydrogens is 366 g/mol. The molecule has 0 unspecified atom stereocenters. The van der Waals surface area contributed by atoms with E-state index in [0.717, 1.165) is 16.5 Å². The molecule has 2 heterocycles. The Balaban J connectivity index is 1.64. The fourth-order valence-electron chi connectivity index (χ4n) is 3.21. The normalized spacial score (nSPS) is 10.8. The molecular formula is C23H21N3O3. The maximum Gasteiger partial charge on any atom is 0.322 e. The number of aromatic nitrogens is 1. The van der Waals surface area contributed by atoms with Crippen molar-refractivity contribution >= 4 is 22.6 Å². The van der Waals surface area contributed by atoms with Crippen molar-refractivity contribution in [3.05, 3.63) is 100 Å². The Kier molecular flexibility index (Phi) is 5.16. The van der Waals surface area contributed by atoms with E-state index >= 15 is 0 Å². The van der Waals surface area contributed by atoms with Crippen LogP contribution >= 0.6 is 0 Å². The van der Waals surface area contributed by atoms with Gasteiger partial charge in [0.05, 0.1) is 19.4 Å². The van der Waals surface area contributed by atoms with Gasteiger partial charge < -0.3 is 19.6 Å². The molecule has 0 saturated carbocycles. The standard InChI is InChI=1S/C23H21N3O3/c1-16-9-10-21-17(12-16)13-18(22(27)25-21)14-26(15-20-8-5-11-29-20)23(28)24-19-6-3-2-4-7-19/h2-13H,14-15H2,1H3,(H,24,28)(H,25,27). The molecule has 4 rings (SSSR count). The van der Waals surface area contributed by atoms with Crippen molar-refractivity contribution in [2.45, 2.75) is 20.0 Å². The van der Waals surface area contributed by atoms with Gasteiger partial charge in [-0.05, 0) is 54.8 Å². The van der Waals surface area contributed by atoms with E-state index in [9.17, 15) is 9.59 Å². The number of anilines is 1. The van der Waals surface area contributed by atoms with Crippen LogP contribution < -0.4 is 10.9 Å². The van der Waals surface area contributed by atoms with Crippen molar-refractivity contribution in [3.63, 3.8) is 0 Å². The second-order valence-corrected chi connectivity index (χ2v) is 6.95. The zero-order valence-corrected chi connectivity index (χ0v) is 16.0. The van der Waals surface area contributed by atoms with E-state index in [1.165, 1.54) is 0 Å². The highest BCUT2D eigenvalue weighted by Crippen LogP contribution is 2.16. The molecule has 0 radical (unpaired) electrons. The summed E-state index contributed by atoms with van der Waals surface area (Å²) in [5.74, 6) is 0.640. The number of aryl methyl sites for hydroxylation is 1. The van der Waals surface area contributed by atoms with Crippen molar-refractivity contribution in [1.82, 2.24) is 9.88 Å². The molecule has 6 nitrogen and oxygen atoms in total. The highest BCUT2D eigenvalue weighted by molar-refractivity contribution is 5.89. The van der Waals surface area contributed by atoms with Crippen LogP contribution in [0.4, 0.5) is 10.5 Å². The second-order valence-electron chi connectivity index (χ2n) is 6.95. The Morgan fingerprint density at radius 2 is 1.86 bits per heavy atom. The number of carbonyl (C=O) groups is 1. The molecule has 2 aromatic carbocycles. The highest BCUT2D eigenvalue weighted by atomic mass is 16.3. The minimum absolute atomic E-state index is 0.151. The molecule has 2 N–H and O–H groups in total. The summed E-state index contributed by atoms with van der Waals surface area (Å²) in [6.07, 6.45) is 1.56. The van der Waals surface area contributed by atoms with Gasteiger partial charge in [0.1, 0.15) is 5.76 Å². The molecule has 0 aliphatic carbocycles. The predicted octanol–water partition coefficient (Wildman–Crippen LogP) is 4.66. The van der Waals surface area contributed by atoms with E-state index < -0.39 is 0 Å². The number of H-pyrrole nitrogens is 1. The number of hydrogen-bond donors (Lipinski definition) is 2. The Labute approximate surface area is 167 Å². The summed E-state index contributed by atoms with van der Waals surface area (Å²) < 4.78 is 5.41. The van der Waals surface area contributed by atoms with E-state index in [4.69, 9.17) is 4.42 Å². The minimum Gasteiger partial charge on any atom is -0.467 e. The Hall–Kier alpha value is -3.80. The summed E-state index contributed by atoms with van der Waals surface area (Å²) in [5, 5.41) is 3.81. The monoisotopic (exact) mass is 387 g/mol. The van der Waals surface area contributed by atoms with E-state index in [2.05, 4.69) is 10.3 Å². The lowest BCUT2D eigenvalue weighted by atomic mass is 10.1. The van der Waals surface area contributed by atoms with Crippen molar-refractivity contribution < 1.29 is 9.21 Å². The van der Waals surface area contributed by atoms with Gasteiger partial charge in [0, 0.05) is 16.8 Å². The number of para-hydroxylation sites is 1. The number of carbonyl (C=O) groups excluding carboxylic acids is 1. The largest absolute Gasteiger partial charge is 0.467 e. The number of pyridine rings is 1. The van der Waals surface area contributed by atoms with Gasteiger partial charge >= 0.3 is 6.03 Å². The number of hydrogen-bond acceptors (Lipinski definition) is 3. The van der Waals surface area contributed by atoms with Gasteiger partial charge in [0.2, 0.25) is 0 Å². The number of nitrogens with zero attached hydrogens (tertiary/aromatic N) is 1. The molecule has 0 spiro atoms. The number of benzene rings is 2. The van der Waals surface area contributed by atoms with Gasteiger partial charge in [0.25, 0.3) is 5.56 Å². The number of amides is 2. The first-order valence-corrected chi connectivity index (χ1v) is 9.34. The van der Waals surface area contributed by atoms with Crippen LogP contribution in [0.15, 0.2) is 82.2 Å². The van der Waals surface area contributed by atoms with E-state index in [-0.39, 0.29) is 24.7 Å². The Bertz CT molecular complexity index is 1180. The molecule has 146 valence electrons. The quantitative estimate of drug-likeness (QED) is 0.523. The lowest BCUT2D eigenvalue weighted by Crippen LogP contribution is -2.35. The van der Waals surface area contributed by atoms with Gasteiger partial charge in [-0.25, -0.2) is 4.79 Å². The average Bonchev–Trinajstić information content (AvgIpc) is 3.22. The predicted molar refractivity (Wildman–Crippen MR) is 113 cm³/mol. The molecule has 4 aromatic rings. The molecule has 2 amide bonds. The summed E-state index contributed by atoms with van der Waals surface area (Å²) in [6, 6.07) is 20.2. The second kappa shape index (κ2) is 8.06. The van der Waals surface area contributed by atoms with Crippen LogP contribution in [-0.2, 0) is 13.1 Å². The fourth-order valence-corrected chi connectivity index (χ4v) is 3.21. The third-order valence-electron chi connectivity index (χ3n) is 4.68. The Morgan fingerprint density at radius 1 is 1.03 bits per heavy atom. The summed E-state index contributed by atoms with van der Waals surface area (Å²) in [4.78, 5) is 30.0. The third kappa shape index (κ3) is 4.38. The van der Waals surface area contributed by atoms with E-state index in [0.29, 0.717) is 17.0 Å². The van der Waals surface area contributed by atoms with Gasteiger partial charge in [0.15, 0.2) is 0 Å². The molecule has 0 aliphatic heterocycles. The van der Waals surface area contributed by atoms with Crippen LogP contribution in [0.5, 0.6) is 0 Å². The molecule has 2 aromatic heterocycles. The van der Waals surface area contributed by atoms with Crippen LogP contribution in [0.25, 0.3) is 10.9 Å². The molecule has 0 fully saturated rings. The topological polar surface area (TPSA) is 78.3 Å². The summed E-state index contributed by atoms with van der Waals surface area (Å²) >= 11 is 0. The lowest BCUT2D eigenvalue weighted by Gasteiger charge is -2.22. The summed E-state index contributed by atoms with van der Waals surface area (Å²) in [6.45, 7) is 2.40. The lowest BCUT2D eigenvalue weighted by molar-refractivity contribution is 0.201. The van der Waals surface area contributed by atoms with Crippen molar-refractivity contribution in [2.75, 3.05) is 5.32 Å². The van der Waals surface area contributed by atoms with E-state index in [1.54, 1.807) is 23.3 Å². The molecule has 0 aliphatic rings. The van der Waals surface area contributed by atoms with Crippen LogP contribution in [0, 0.1) is 6.92 Å². The smallest absolute Gasteiger partial charge is 0.322 e. The first-order valence-electron chi connectivity index (χ1n) is 9.34. The fraction of sp³-hybridized carbons (Fsp3) is 0.130. The van der Waals surface area contributed by atoms with Crippen molar-refractivity contribution in [3.8, 4) is 0 Å². The van der Waals surface area contributed by atoms with Crippen LogP contribution in [-0.4, -0.2) is 15.9 Å². The molecule has 6 heteroatoms. The number of aromatic amines is 1. The van der Waals surface area contributed by atoms with Crippen LogP contribution in [0.2, 0.25) is 0 Å². The minimum atomic E-state index is -0.309. The SMILES string of the molecule is Cc1ccc2[nH]c(=O)c(CN(Cc3ccco3)C(=O)Nc3ccccc3)cc2c1. The maximum atomic E-state index is 12.9. The van der Waals surface area contributed by atoms with Crippen LogP contribution in [0.3, 0.4) is 0 Å². The summed E-state index contributed by atoms with van der Waals surface area (Å²) in [7, 11) is 0. The van der Waals surface area contributed by atoms with Gasteiger partial charge in [-0.15, -0.1) is 0 Å². The van der Waals surface area contributed by atoms with Gasteiger partial charge in [-0.3, -0.25) is 4.79 Å². The van der Waals surface area contributed by atoms with E-state index in [1.807, 2.05) is 61.5 Å². The number of furan rings is 1. The third-order valence-corrected chi connectivity index (χ3v) is 4.68. The number of fused-ring (bicyclic) bond motifs is 1. The highest BCUT2D eigenvalue weighted by Gasteiger charge is 2.18. The maximum absolute atomic E-state index is 12.9. The first kappa shape index (κ1) is 18.6. The molecule has 0 saturated heterocycles. The Morgan fingerprint density at radius 3 is 2.62 bits per heavy atom. The van der Waals surface area contributed by atoms with Crippen molar-refractivity contribution in [2.24, 2.45) is 0 Å². The summed E-state index contributed by atoms with van der Waals surface area (Å²) in [5.41, 5.74) is 2.86. The molecule has 29 heavy (non-hydrogen) atoms.